The van der Waals surface area contributed by atoms with Crippen LogP contribution in [0.3, 0.4) is 0 Å². The fraction of sp³-hybridized carbons (Fsp3) is 0.200. The lowest BCUT2D eigenvalue weighted by Gasteiger charge is -2.10. The van der Waals surface area contributed by atoms with Gasteiger partial charge < -0.3 is 14.2 Å². The highest BCUT2D eigenvalue weighted by Gasteiger charge is 2.12. The van der Waals surface area contributed by atoms with Crippen LogP contribution < -0.4 is 0 Å². The maximum atomic E-state index is 11.3. The molecule has 0 saturated carbocycles. The minimum absolute atomic E-state index is 0.145. The van der Waals surface area contributed by atoms with Gasteiger partial charge >= 0.3 is 11.9 Å². The Morgan fingerprint density at radius 1 is 1.10 bits per heavy atom. The Balaban J connectivity index is 2.71. The Morgan fingerprint density at radius 2 is 1.65 bits per heavy atom. The monoisotopic (exact) mass is 276 g/mol. The van der Waals surface area contributed by atoms with E-state index in [0.29, 0.717) is 11.1 Å². The summed E-state index contributed by atoms with van der Waals surface area (Å²) in [5.41, 5.74) is 1.02. The molecule has 0 amide bonds. The van der Waals surface area contributed by atoms with Crippen molar-refractivity contribution in [3.8, 4) is 0 Å². The number of hydrogen-bond donors (Lipinski definition) is 0. The second-order valence-corrected chi connectivity index (χ2v) is 3.74. The first kappa shape index (κ1) is 15.5. The molecule has 20 heavy (non-hydrogen) atoms. The van der Waals surface area contributed by atoms with Crippen molar-refractivity contribution in [3.63, 3.8) is 0 Å². The van der Waals surface area contributed by atoms with E-state index in [4.69, 9.17) is 9.47 Å². The van der Waals surface area contributed by atoms with Crippen molar-refractivity contribution in [2.75, 3.05) is 13.7 Å². The van der Waals surface area contributed by atoms with Crippen LogP contribution in [0.25, 0.3) is 5.76 Å². The molecule has 0 saturated heterocycles. The van der Waals surface area contributed by atoms with E-state index < -0.39 is 11.9 Å². The summed E-state index contributed by atoms with van der Waals surface area (Å²) < 4.78 is 14.5. The van der Waals surface area contributed by atoms with Crippen LogP contribution in [-0.4, -0.2) is 25.7 Å². The van der Waals surface area contributed by atoms with Gasteiger partial charge in [-0.05, 0) is 25.6 Å². The zero-order chi connectivity index (χ0) is 15.1. The normalized spacial score (nSPS) is 9.50. The Kier molecular flexibility index (Phi) is 5.53. The van der Waals surface area contributed by atoms with Gasteiger partial charge in [0.15, 0.2) is 0 Å². The van der Waals surface area contributed by atoms with E-state index in [-0.39, 0.29) is 18.1 Å². The van der Waals surface area contributed by atoms with Crippen molar-refractivity contribution in [3.05, 3.63) is 54.3 Å². The Bertz CT molecular complexity index is 528. The third-order valence-electron chi connectivity index (χ3n) is 2.38. The third-order valence-corrected chi connectivity index (χ3v) is 2.38. The smallest absolute Gasteiger partial charge is 0.373 e. The summed E-state index contributed by atoms with van der Waals surface area (Å²) in [5, 5.41) is 0. The number of methoxy groups -OCH3 is 1. The molecule has 5 nitrogen and oxygen atoms in total. The summed E-state index contributed by atoms with van der Waals surface area (Å²) in [4.78, 5) is 22.6. The average Bonchev–Trinajstić information content (AvgIpc) is 2.46. The summed E-state index contributed by atoms with van der Waals surface area (Å²) in [6.45, 7) is 9.08. The second-order valence-electron chi connectivity index (χ2n) is 3.74. The van der Waals surface area contributed by atoms with Gasteiger partial charge in [0, 0.05) is 5.56 Å². The molecule has 0 bridgehead atoms. The highest BCUT2D eigenvalue weighted by Crippen LogP contribution is 2.18. The van der Waals surface area contributed by atoms with Gasteiger partial charge in [0.05, 0.1) is 19.3 Å². The van der Waals surface area contributed by atoms with Gasteiger partial charge in [-0.25, -0.2) is 9.59 Å². The van der Waals surface area contributed by atoms with Crippen molar-refractivity contribution >= 4 is 17.7 Å². The lowest BCUT2D eigenvalue weighted by molar-refractivity contribution is -0.141. The predicted octanol–water partition coefficient (Wildman–Crippen LogP) is 2.54. The molecule has 0 aromatic heterocycles. The molecule has 0 radical (unpaired) electrons. The third kappa shape index (κ3) is 3.98. The summed E-state index contributed by atoms with van der Waals surface area (Å²) in [5.74, 6) is -0.979. The summed E-state index contributed by atoms with van der Waals surface area (Å²) >= 11 is 0. The standard InChI is InChI=1S/C15H16O5/c1-5-19-14(16)11(3)20-10(2)12-6-8-13(9-7-12)15(17)18-4/h6-9H,2-3,5H2,1,4H3. The molecule has 106 valence electrons. The van der Waals surface area contributed by atoms with Gasteiger partial charge in [-0.3, -0.25) is 0 Å². The quantitative estimate of drug-likeness (QED) is 0.454. The average molecular weight is 276 g/mol. The molecule has 0 atom stereocenters. The van der Waals surface area contributed by atoms with E-state index in [1.54, 1.807) is 31.2 Å². The lowest BCUT2D eigenvalue weighted by Crippen LogP contribution is -2.09. The van der Waals surface area contributed by atoms with Gasteiger partial charge in [-0.15, -0.1) is 0 Å². The van der Waals surface area contributed by atoms with Crippen LogP contribution in [0, 0.1) is 0 Å². The second kappa shape index (κ2) is 7.13. The fourth-order valence-corrected chi connectivity index (χ4v) is 1.37. The highest BCUT2D eigenvalue weighted by atomic mass is 16.6. The van der Waals surface area contributed by atoms with E-state index in [9.17, 15) is 9.59 Å². The number of ether oxygens (including phenoxy) is 3. The van der Waals surface area contributed by atoms with Gasteiger partial charge in [0.2, 0.25) is 5.76 Å². The van der Waals surface area contributed by atoms with Crippen molar-refractivity contribution in [1.29, 1.82) is 0 Å². The molecule has 0 aliphatic carbocycles. The molecule has 5 heteroatoms. The zero-order valence-corrected chi connectivity index (χ0v) is 11.5. The predicted molar refractivity (Wildman–Crippen MR) is 73.7 cm³/mol. The van der Waals surface area contributed by atoms with Crippen LogP contribution in [0.2, 0.25) is 0 Å². The molecule has 1 aromatic rings. The van der Waals surface area contributed by atoms with E-state index in [1.807, 2.05) is 0 Å². The Hall–Kier alpha value is -2.56. The van der Waals surface area contributed by atoms with Gasteiger partial charge in [0.25, 0.3) is 0 Å². The number of carbonyl (C=O) groups excluding carboxylic acids is 2. The van der Waals surface area contributed by atoms with E-state index in [0.717, 1.165) is 0 Å². The largest absolute Gasteiger partial charge is 0.465 e. The van der Waals surface area contributed by atoms with Crippen molar-refractivity contribution in [2.45, 2.75) is 6.92 Å². The van der Waals surface area contributed by atoms with Crippen LogP contribution in [-0.2, 0) is 19.0 Å². The van der Waals surface area contributed by atoms with Crippen molar-refractivity contribution < 1.29 is 23.8 Å². The van der Waals surface area contributed by atoms with Crippen molar-refractivity contribution in [2.24, 2.45) is 0 Å². The van der Waals surface area contributed by atoms with Gasteiger partial charge in [0.1, 0.15) is 5.76 Å². The molecule has 0 spiro atoms. The first-order chi connectivity index (χ1) is 9.49. The molecule has 1 rings (SSSR count). The van der Waals surface area contributed by atoms with Gasteiger partial charge in [-0.1, -0.05) is 18.7 Å². The summed E-state index contributed by atoms with van der Waals surface area (Å²) in [6, 6.07) is 6.41. The molecule has 0 aliphatic heterocycles. The summed E-state index contributed by atoms with van der Waals surface area (Å²) in [6.07, 6.45) is 0. The van der Waals surface area contributed by atoms with E-state index in [1.165, 1.54) is 7.11 Å². The lowest BCUT2D eigenvalue weighted by atomic mass is 10.1. The minimum Gasteiger partial charge on any atom is -0.465 e. The maximum Gasteiger partial charge on any atom is 0.373 e. The molecule has 0 unspecified atom stereocenters. The van der Waals surface area contributed by atoms with Crippen LogP contribution in [0.15, 0.2) is 43.2 Å². The van der Waals surface area contributed by atoms with Gasteiger partial charge in [-0.2, -0.15) is 0 Å². The highest BCUT2D eigenvalue weighted by molar-refractivity contribution is 5.90. The molecule has 0 N–H and O–H groups in total. The molecular weight excluding hydrogens is 260 g/mol. The number of hydrogen-bond acceptors (Lipinski definition) is 5. The molecule has 0 heterocycles. The number of carbonyl (C=O) groups is 2. The topological polar surface area (TPSA) is 61.8 Å². The number of esters is 2. The molecule has 0 fully saturated rings. The zero-order valence-electron chi connectivity index (χ0n) is 11.5. The first-order valence-electron chi connectivity index (χ1n) is 5.91. The van der Waals surface area contributed by atoms with E-state index in [2.05, 4.69) is 17.9 Å². The molecule has 0 aliphatic rings. The number of benzene rings is 1. The number of rotatable bonds is 6. The van der Waals surface area contributed by atoms with Crippen LogP contribution in [0.4, 0.5) is 0 Å². The molecule has 1 aromatic carbocycles. The minimum atomic E-state index is -0.639. The summed E-state index contributed by atoms with van der Waals surface area (Å²) in [7, 11) is 1.31. The van der Waals surface area contributed by atoms with Crippen LogP contribution in [0.5, 0.6) is 0 Å². The van der Waals surface area contributed by atoms with Crippen molar-refractivity contribution in [1.82, 2.24) is 0 Å². The van der Waals surface area contributed by atoms with Crippen LogP contribution >= 0.6 is 0 Å². The van der Waals surface area contributed by atoms with Crippen LogP contribution in [0.1, 0.15) is 22.8 Å². The molecular formula is C15H16O5. The SMILES string of the molecule is C=C(OC(=C)c1ccc(C(=O)OC)cc1)C(=O)OCC. The Morgan fingerprint density at radius 3 is 2.15 bits per heavy atom. The maximum absolute atomic E-state index is 11.3. The fourth-order valence-electron chi connectivity index (χ4n) is 1.37. The first-order valence-corrected chi connectivity index (χ1v) is 5.91. The van der Waals surface area contributed by atoms with E-state index >= 15 is 0 Å². The Labute approximate surface area is 117 Å².